The molecule has 10 heteroatoms. The number of unbranched alkanes of at least 4 members (excludes halogenated alkanes) is 14. The van der Waals surface area contributed by atoms with Crippen LogP contribution in [0.4, 0.5) is 0 Å². The number of carboxylic acid groups (broad SMARTS) is 2. The van der Waals surface area contributed by atoms with E-state index in [2.05, 4.69) is 0 Å². The summed E-state index contributed by atoms with van der Waals surface area (Å²) in [5, 5.41) is 18.2. The lowest BCUT2D eigenvalue weighted by molar-refractivity contribution is -0.138. The van der Waals surface area contributed by atoms with E-state index < -0.39 is 35.6 Å². The summed E-state index contributed by atoms with van der Waals surface area (Å²) >= 11 is 0. The van der Waals surface area contributed by atoms with Gasteiger partial charge in [-0.25, -0.2) is 0 Å². The van der Waals surface area contributed by atoms with E-state index in [1.807, 2.05) is 0 Å². The third kappa shape index (κ3) is 8.59. The number of hydrogen-bond donors (Lipinski definition) is 2. The molecule has 2 heterocycles. The molecule has 46 heavy (non-hydrogen) atoms. The first kappa shape index (κ1) is 34.8. The van der Waals surface area contributed by atoms with Gasteiger partial charge in [-0.3, -0.25) is 38.6 Å². The van der Waals surface area contributed by atoms with Crippen molar-refractivity contribution in [2.75, 3.05) is 13.1 Å². The van der Waals surface area contributed by atoms with E-state index >= 15 is 0 Å². The lowest BCUT2D eigenvalue weighted by atomic mass is 9.86. The second-order valence-corrected chi connectivity index (χ2v) is 12.5. The van der Waals surface area contributed by atoms with Gasteiger partial charge in [0.2, 0.25) is 0 Å². The summed E-state index contributed by atoms with van der Waals surface area (Å²) in [6.45, 7) is 0.605. The molecule has 2 aliphatic heterocycles. The van der Waals surface area contributed by atoms with Gasteiger partial charge in [-0.15, -0.1) is 0 Å². The molecule has 4 rings (SSSR count). The summed E-state index contributed by atoms with van der Waals surface area (Å²) in [7, 11) is 0. The molecule has 4 amide bonds. The Morgan fingerprint density at radius 1 is 0.413 bits per heavy atom. The Hall–Kier alpha value is -4.08. The van der Waals surface area contributed by atoms with Gasteiger partial charge in [0.1, 0.15) is 0 Å². The summed E-state index contributed by atoms with van der Waals surface area (Å²) in [5.41, 5.74) is 1.37. The molecule has 0 bridgehead atoms. The highest BCUT2D eigenvalue weighted by atomic mass is 16.4. The Kier molecular flexibility index (Phi) is 12.9. The number of rotatable bonds is 22. The van der Waals surface area contributed by atoms with Gasteiger partial charge in [-0.05, 0) is 49.9 Å². The van der Waals surface area contributed by atoms with Crippen molar-refractivity contribution in [2.24, 2.45) is 0 Å². The van der Waals surface area contributed by atoms with Gasteiger partial charge in [-0.2, -0.15) is 0 Å². The standard InChI is InChI=1S/C36H46N2O8/c39-29(40)17-13-9-5-1-3-7-11-15-23-37-33(43)25-19-21-27-32-28(22-20-26(31(25)32)34(37)44)36(46)38(35(27)45)24-16-12-8-4-2-6-10-14-18-30(41)42/h19-22H,1-18,23-24H2,(H,39,40)(H,41,42). The summed E-state index contributed by atoms with van der Waals surface area (Å²) in [4.78, 5) is 77.6. The van der Waals surface area contributed by atoms with Crippen LogP contribution in [0.5, 0.6) is 0 Å². The quantitative estimate of drug-likeness (QED) is 0.102. The van der Waals surface area contributed by atoms with Gasteiger partial charge >= 0.3 is 11.9 Å². The predicted molar refractivity (Wildman–Crippen MR) is 173 cm³/mol. The zero-order valence-electron chi connectivity index (χ0n) is 26.7. The average molecular weight is 635 g/mol. The molecule has 248 valence electrons. The smallest absolute Gasteiger partial charge is 0.303 e. The molecule has 2 aromatic carbocycles. The van der Waals surface area contributed by atoms with E-state index in [1.54, 1.807) is 24.3 Å². The minimum atomic E-state index is -0.757. The summed E-state index contributed by atoms with van der Waals surface area (Å²) < 4.78 is 0. The summed E-state index contributed by atoms with van der Waals surface area (Å²) in [6.07, 6.45) is 14.9. The van der Waals surface area contributed by atoms with Crippen LogP contribution < -0.4 is 0 Å². The molecule has 2 aromatic rings. The second-order valence-electron chi connectivity index (χ2n) is 12.5. The van der Waals surface area contributed by atoms with Crippen molar-refractivity contribution in [1.82, 2.24) is 9.80 Å². The van der Waals surface area contributed by atoms with Crippen LogP contribution in [0.1, 0.15) is 157 Å². The van der Waals surface area contributed by atoms with Crippen LogP contribution in [0.3, 0.4) is 0 Å². The van der Waals surface area contributed by atoms with Crippen LogP contribution in [0.15, 0.2) is 24.3 Å². The van der Waals surface area contributed by atoms with E-state index in [4.69, 9.17) is 10.2 Å². The molecule has 2 aliphatic rings. The normalized spacial score (nSPS) is 14.1. The molecule has 0 atom stereocenters. The molecule has 0 saturated carbocycles. The molecule has 0 unspecified atom stereocenters. The van der Waals surface area contributed by atoms with Crippen LogP contribution in [-0.4, -0.2) is 68.7 Å². The van der Waals surface area contributed by atoms with Gasteiger partial charge in [0.05, 0.1) is 0 Å². The third-order valence-electron chi connectivity index (χ3n) is 9.11. The number of carbonyl (C=O) groups excluding carboxylic acids is 4. The Morgan fingerprint density at radius 2 is 0.652 bits per heavy atom. The van der Waals surface area contributed by atoms with E-state index in [9.17, 15) is 28.8 Å². The van der Waals surface area contributed by atoms with E-state index in [1.165, 1.54) is 9.80 Å². The van der Waals surface area contributed by atoms with Crippen LogP contribution >= 0.6 is 0 Å². The van der Waals surface area contributed by atoms with Gasteiger partial charge in [0.15, 0.2) is 0 Å². The number of aliphatic carboxylic acids is 2. The molecule has 0 aromatic heterocycles. The van der Waals surface area contributed by atoms with Crippen molar-refractivity contribution < 1.29 is 39.0 Å². The van der Waals surface area contributed by atoms with Gasteiger partial charge in [-0.1, -0.05) is 77.0 Å². The number of amides is 4. The first-order valence-corrected chi connectivity index (χ1v) is 17.0. The minimum Gasteiger partial charge on any atom is -0.481 e. The molecule has 0 aliphatic carbocycles. The zero-order chi connectivity index (χ0) is 33.1. The number of hydrogen-bond acceptors (Lipinski definition) is 6. The molecule has 0 spiro atoms. The second kappa shape index (κ2) is 17.0. The number of carboxylic acids is 2. The Labute approximate surface area is 270 Å². The maximum Gasteiger partial charge on any atom is 0.303 e. The monoisotopic (exact) mass is 634 g/mol. The van der Waals surface area contributed by atoms with Crippen molar-refractivity contribution in [2.45, 2.75) is 116 Å². The van der Waals surface area contributed by atoms with E-state index in [0.717, 1.165) is 77.0 Å². The highest BCUT2D eigenvalue weighted by Gasteiger charge is 2.39. The van der Waals surface area contributed by atoms with Crippen molar-refractivity contribution in [3.8, 4) is 0 Å². The highest BCUT2D eigenvalue weighted by molar-refractivity contribution is 6.33. The zero-order valence-corrected chi connectivity index (χ0v) is 26.7. The maximum absolute atomic E-state index is 13.5. The molecule has 0 saturated heterocycles. The van der Waals surface area contributed by atoms with Gasteiger partial charge in [0, 0.05) is 59.0 Å². The van der Waals surface area contributed by atoms with Crippen LogP contribution in [0.2, 0.25) is 0 Å². The first-order chi connectivity index (χ1) is 22.2. The highest BCUT2D eigenvalue weighted by Crippen LogP contribution is 2.38. The Morgan fingerprint density at radius 3 is 0.913 bits per heavy atom. The van der Waals surface area contributed by atoms with Crippen LogP contribution in [0, 0.1) is 0 Å². The van der Waals surface area contributed by atoms with Gasteiger partial charge < -0.3 is 10.2 Å². The molecular weight excluding hydrogens is 588 g/mol. The van der Waals surface area contributed by atoms with Crippen molar-refractivity contribution in [3.63, 3.8) is 0 Å². The number of nitrogens with zero attached hydrogens (tertiary/aromatic N) is 2. The number of carbonyl (C=O) groups is 6. The fourth-order valence-electron chi connectivity index (χ4n) is 6.59. The predicted octanol–water partition coefficient (Wildman–Crippen LogP) is 7.22. The Bertz CT molecular complexity index is 1290. The SMILES string of the molecule is O=C(O)CCCCCCCCCCN1C(=O)c2ccc3c4c(ccc(c24)C1=O)C(=O)N(CCCCCCCCCCC(=O)O)C3=O. The van der Waals surface area contributed by atoms with Crippen molar-refractivity contribution in [3.05, 3.63) is 46.5 Å². The Balaban J connectivity index is 1.28. The van der Waals surface area contributed by atoms with Crippen molar-refractivity contribution in [1.29, 1.82) is 0 Å². The molecular formula is C36H46N2O8. The number of benzene rings is 2. The maximum atomic E-state index is 13.5. The molecule has 0 radical (unpaired) electrons. The number of imide groups is 2. The van der Waals surface area contributed by atoms with E-state index in [0.29, 0.717) is 71.8 Å². The summed E-state index contributed by atoms with van der Waals surface area (Å²) in [5.74, 6) is -3.11. The largest absolute Gasteiger partial charge is 0.481 e. The summed E-state index contributed by atoms with van der Waals surface area (Å²) in [6, 6.07) is 6.44. The molecule has 2 N–H and O–H groups in total. The van der Waals surface area contributed by atoms with Gasteiger partial charge in [0.25, 0.3) is 23.6 Å². The van der Waals surface area contributed by atoms with Crippen LogP contribution in [0.25, 0.3) is 10.8 Å². The fraction of sp³-hybridized carbons (Fsp3) is 0.556. The average Bonchev–Trinajstić information content (AvgIpc) is 3.03. The minimum absolute atomic E-state index is 0.213. The lowest BCUT2D eigenvalue weighted by Crippen LogP contribution is -2.43. The topological polar surface area (TPSA) is 149 Å². The lowest BCUT2D eigenvalue weighted by Gasteiger charge is -2.32. The third-order valence-corrected chi connectivity index (χ3v) is 9.11. The first-order valence-electron chi connectivity index (χ1n) is 17.0. The molecule has 0 fully saturated rings. The fourth-order valence-corrected chi connectivity index (χ4v) is 6.59. The van der Waals surface area contributed by atoms with E-state index in [-0.39, 0.29) is 12.8 Å². The van der Waals surface area contributed by atoms with Crippen LogP contribution in [-0.2, 0) is 9.59 Å². The molecule has 10 nitrogen and oxygen atoms in total. The van der Waals surface area contributed by atoms with Crippen molar-refractivity contribution >= 4 is 46.3 Å².